The van der Waals surface area contributed by atoms with Gasteiger partial charge >= 0.3 is 5.97 Å². The number of esters is 1. The monoisotopic (exact) mass is 395 g/mol. The lowest BCUT2D eigenvalue weighted by atomic mass is 10.1. The SMILES string of the molecule is COc1cc(/C=C/C(=O)OC(C(=O)N2CCCCC2)c2ccccc2)ccc1O. The number of carbonyl (C=O) groups is 2. The Morgan fingerprint density at radius 1 is 1.07 bits per heavy atom. The molecule has 0 bridgehead atoms. The molecule has 1 N–H and O–H groups in total. The smallest absolute Gasteiger partial charge is 0.331 e. The molecule has 3 rings (SSSR count). The van der Waals surface area contributed by atoms with Crippen LogP contribution in [0.4, 0.5) is 0 Å². The molecule has 1 amide bonds. The van der Waals surface area contributed by atoms with Crippen LogP contribution in [0.1, 0.15) is 36.5 Å². The Kier molecular flexibility index (Phi) is 6.89. The number of amides is 1. The average Bonchev–Trinajstić information content (AvgIpc) is 2.77. The number of hydrogen-bond donors (Lipinski definition) is 1. The molecule has 1 heterocycles. The zero-order valence-corrected chi connectivity index (χ0v) is 16.4. The van der Waals surface area contributed by atoms with Gasteiger partial charge in [-0.05, 0) is 43.0 Å². The molecule has 1 aliphatic rings. The summed E-state index contributed by atoms with van der Waals surface area (Å²) in [5.74, 6) is -0.480. The largest absolute Gasteiger partial charge is 0.504 e. The molecule has 2 aromatic carbocycles. The molecule has 1 atom stereocenters. The zero-order chi connectivity index (χ0) is 20.6. The van der Waals surface area contributed by atoms with E-state index >= 15 is 0 Å². The minimum Gasteiger partial charge on any atom is -0.504 e. The third kappa shape index (κ3) is 5.38. The Bertz CT molecular complexity index is 872. The van der Waals surface area contributed by atoms with Gasteiger partial charge < -0.3 is 19.5 Å². The summed E-state index contributed by atoms with van der Waals surface area (Å²) in [6, 6.07) is 13.8. The predicted octanol–water partition coefficient (Wildman–Crippen LogP) is 3.71. The van der Waals surface area contributed by atoms with Crippen LogP contribution in [0.2, 0.25) is 0 Å². The van der Waals surface area contributed by atoms with E-state index < -0.39 is 12.1 Å². The number of phenols is 1. The molecule has 2 aromatic rings. The number of methoxy groups -OCH3 is 1. The molecule has 1 unspecified atom stereocenters. The standard InChI is InChI=1S/C23H25NO5/c1-28-20-16-17(10-12-19(20)25)11-13-21(26)29-22(18-8-4-2-5-9-18)23(27)24-14-6-3-7-15-24/h2,4-5,8-13,16,22,25H,3,6-7,14-15H2,1H3/b13-11+. The van der Waals surface area contributed by atoms with Crippen molar-refractivity contribution in [1.82, 2.24) is 4.90 Å². The van der Waals surface area contributed by atoms with Crippen molar-refractivity contribution in [2.75, 3.05) is 20.2 Å². The lowest BCUT2D eigenvalue weighted by molar-refractivity contribution is -0.157. The summed E-state index contributed by atoms with van der Waals surface area (Å²) in [5.41, 5.74) is 1.31. The minimum absolute atomic E-state index is 0.0171. The predicted molar refractivity (Wildman–Crippen MR) is 109 cm³/mol. The van der Waals surface area contributed by atoms with Gasteiger partial charge in [-0.1, -0.05) is 36.4 Å². The van der Waals surface area contributed by atoms with Crippen LogP contribution in [0.25, 0.3) is 6.08 Å². The number of phenolic OH excluding ortho intramolecular Hbond substituents is 1. The summed E-state index contributed by atoms with van der Waals surface area (Å²) >= 11 is 0. The first-order valence-corrected chi connectivity index (χ1v) is 9.68. The number of ether oxygens (including phenoxy) is 2. The van der Waals surface area contributed by atoms with E-state index in [1.54, 1.807) is 35.2 Å². The van der Waals surface area contributed by atoms with Gasteiger partial charge in [-0.3, -0.25) is 4.79 Å². The van der Waals surface area contributed by atoms with E-state index in [2.05, 4.69) is 0 Å². The number of carbonyl (C=O) groups excluding carboxylic acids is 2. The third-order valence-electron chi connectivity index (χ3n) is 4.84. The molecule has 0 radical (unpaired) electrons. The van der Waals surface area contributed by atoms with Gasteiger partial charge in [0, 0.05) is 24.7 Å². The van der Waals surface area contributed by atoms with Crippen LogP contribution in [0.15, 0.2) is 54.6 Å². The fourth-order valence-electron chi connectivity index (χ4n) is 3.29. The molecule has 6 nitrogen and oxygen atoms in total. The van der Waals surface area contributed by atoms with Crippen LogP contribution in [-0.4, -0.2) is 42.1 Å². The van der Waals surface area contributed by atoms with Crippen molar-refractivity contribution in [2.24, 2.45) is 0 Å². The van der Waals surface area contributed by atoms with E-state index in [0.717, 1.165) is 19.3 Å². The Labute approximate surface area is 170 Å². The minimum atomic E-state index is -0.971. The van der Waals surface area contributed by atoms with Crippen LogP contribution >= 0.6 is 0 Å². The fourth-order valence-corrected chi connectivity index (χ4v) is 3.29. The maximum atomic E-state index is 13.0. The van der Waals surface area contributed by atoms with Gasteiger partial charge in [0.25, 0.3) is 5.91 Å². The highest BCUT2D eigenvalue weighted by molar-refractivity contribution is 5.91. The average molecular weight is 395 g/mol. The number of piperidine rings is 1. The summed E-state index contributed by atoms with van der Waals surface area (Å²) in [6.07, 6.45) is 4.88. The first kappa shape index (κ1) is 20.5. The Morgan fingerprint density at radius 2 is 1.79 bits per heavy atom. The molecule has 6 heteroatoms. The van der Waals surface area contributed by atoms with Crippen molar-refractivity contribution in [3.05, 3.63) is 65.7 Å². The van der Waals surface area contributed by atoms with Gasteiger partial charge in [0.05, 0.1) is 7.11 Å². The molecule has 0 aromatic heterocycles. The second-order valence-corrected chi connectivity index (χ2v) is 6.88. The number of rotatable bonds is 6. The maximum Gasteiger partial charge on any atom is 0.331 e. The maximum absolute atomic E-state index is 13.0. The Balaban J connectivity index is 1.74. The summed E-state index contributed by atoms with van der Waals surface area (Å²) in [5, 5.41) is 9.66. The first-order valence-electron chi connectivity index (χ1n) is 9.68. The van der Waals surface area contributed by atoms with Crippen molar-refractivity contribution in [3.63, 3.8) is 0 Å². The van der Waals surface area contributed by atoms with Crippen molar-refractivity contribution in [3.8, 4) is 11.5 Å². The summed E-state index contributed by atoms with van der Waals surface area (Å²) in [6.45, 7) is 1.37. The van der Waals surface area contributed by atoms with Gasteiger partial charge in [0.15, 0.2) is 11.5 Å². The van der Waals surface area contributed by atoms with Crippen LogP contribution in [0, 0.1) is 0 Å². The molecule has 0 spiro atoms. The van der Waals surface area contributed by atoms with Gasteiger partial charge in [-0.2, -0.15) is 0 Å². The van der Waals surface area contributed by atoms with E-state index in [0.29, 0.717) is 30.0 Å². The second-order valence-electron chi connectivity index (χ2n) is 6.88. The molecule has 152 valence electrons. The molecule has 1 fully saturated rings. The van der Waals surface area contributed by atoms with E-state index in [1.165, 1.54) is 19.3 Å². The van der Waals surface area contributed by atoms with Crippen LogP contribution in [0.5, 0.6) is 11.5 Å². The molecule has 0 aliphatic carbocycles. The Hall–Kier alpha value is -3.28. The van der Waals surface area contributed by atoms with Crippen LogP contribution < -0.4 is 4.74 Å². The third-order valence-corrected chi connectivity index (χ3v) is 4.84. The molecule has 1 aliphatic heterocycles. The summed E-state index contributed by atoms with van der Waals surface area (Å²) in [7, 11) is 1.45. The van der Waals surface area contributed by atoms with E-state index in [9.17, 15) is 14.7 Å². The quantitative estimate of drug-likeness (QED) is 0.596. The van der Waals surface area contributed by atoms with E-state index in [-0.39, 0.29) is 11.7 Å². The highest BCUT2D eigenvalue weighted by Crippen LogP contribution is 2.27. The number of hydrogen-bond acceptors (Lipinski definition) is 5. The van der Waals surface area contributed by atoms with E-state index in [1.807, 2.05) is 18.2 Å². The molecular weight excluding hydrogens is 370 g/mol. The highest BCUT2D eigenvalue weighted by atomic mass is 16.5. The highest BCUT2D eigenvalue weighted by Gasteiger charge is 2.29. The van der Waals surface area contributed by atoms with Gasteiger partial charge in [0.1, 0.15) is 0 Å². The van der Waals surface area contributed by atoms with E-state index in [4.69, 9.17) is 9.47 Å². The molecule has 1 saturated heterocycles. The lowest BCUT2D eigenvalue weighted by Gasteiger charge is -2.30. The van der Waals surface area contributed by atoms with Crippen molar-refractivity contribution >= 4 is 18.0 Å². The number of likely N-dealkylation sites (tertiary alicyclic amines) is 1. The zero-order valence-electron chi connectivity index (χ0n) is 16.4. The van der Waals surface area contributed by atoms with Crippen molar-refractivity contribution < 1.29 is 24.2 Å². The van der Waals surface area contributed by atoms with Crippen molar-refractivity contribution in [2.45, 2.75) is 25.4 Å². The summed E-state index contributed by atoms with van der Waals surface area (Å²) in [4.78, 5) is 27.2. The number of aromatic hydroxyl groups is 1. The number of nitrogens with zero attached hydrogens (tertiary/aromatic N) is 1. The van der Waals surface area contributed by atoms with Crippen LogP contribution in [-0.2, 0) is 14.3 Å². The van der Waals surface area contributed by atoms with Gasteiger partial charge in [-0.15, -0.1) is 0 Å². The first-order chi connectivity index (χ1) is 14.1. The van der Waals surface area contributed by atoms with Crippen LogP contribution in [0.3, 0.4) is 0 Å². The molecule has 29 heavy (non-hydrogen) atoms. The van der Waals surface area contributed by atoms with Gasteiger partial charge in [-0.25, -0.2) is 4.79 Å². The summed E-state index contributed by atoms with van der Waals surface area (Å²) < 4.78 is 10.6. The Morgan fingerprint density at radius 3 is 2.48 bits per heavy atom. The lowest BCUT2D eigenvalue weighted by Crippen LogP contribution is -2.40. The molecular formula is C23H25NO5. The topological polar surface area (TPSA) is 76.1 Å². The number of benzene rings is 2. The van der Waals surface area contributed by atoms with Gasteiger partial charge in [0.2, 0.25) is 6.10 Å². The molecule has 0 saturated carbocycles. The second kappa shape index (κ2) is 9.78. The normalized spacial score (nSPS) is 15.1. The fraction of sp³-hybridized carbons (Fsp3) is 0.304. The van der Waals surface area contributed by atoms with Crippen molar-refractivity contribution in [1.29, 1.82) is 0 Å².